The lowest BCUT2D eigenvalue weighted by molar-refractivity contribution is -0.111. The molecule has 0 heterocycles. The van der Waals surface area contributed by atoms with Crippen molar-refractivity contribution >= 4 is 34.1 Å². The molecule has 0 aliphatic rings. The molecule has 0 aliphatic heterocycles. The highest BCUT2D eigenvalue weighted by atomic mass is 31.2. The molecular weight excluding hydrogens is 387 g/mol. The Kier molecular flexibility index (Phi) is 5.97. The number of ketones is 1. The Hall–Kier alpha value is -3.35. The van der Waals surface area contributed by atoms with Gasteiger partial charge in [0.2, 0.25) is 0 Å². The summed E-state index contributed by atoms with van der Waals surface area (Å²) in [7, 11) is 0. The third-order valence-corrected chi connectivity index (χ3v) is 9.23. The summed E-state index contributed by atoms with van der Waals surface area (Å²) >= 11 is 0. The Labute approximate surface area is 177 Å². The lowest BCUT2D eigenvalue weighted by Gasteiger charge is -2.31. The molecule has 0 N–H and O–H groups in total. The number of rotatable bonds is 6. The molecule has 0 unspecified atom stereocenters. The average Bonchev–Trinajstić information content (AvgIpc) is 2.82. The maximum Gasteiger partial charge on any atom is 0.195 e. The second kappa shape index (κ2) is 8.98. The summed E-state index contributed by atoms with van der Waals surface area (Å²) in [5, 5.41) is 3.26. The highest BCUT2D eigenvalue weighted by Gasteiger charge is 2.33. The first kappa shape index (κ1) is 19.9. The van der Waals surface area contributed by atoms with Gasteiger partial charge < -0.3 is 4.74 Å². The number of carbonyl (C=O) groups is 1. The molecule has 0 aliphatic carbocycles. The van der Waals surface area contributed by atoms with Crippen molar-refractivity contribution in [2.45, 2.75) is 6.92 Å². The average molecular weight is 410 g/mol. The zero-order valence-electron chi connectivity index (χ0n) is 16.8. The smallest absolute Gasteiger partial charge is 0.195 e. The van der Waals surface area contributed by atoms with Gasteiger partial charge in [-0.3, -0.25) is 4.79 Å². The van der Waals surface area contributed by atoms with E-state index in [1.807, 2.05) is 84.9 Å². The van der Waals surface area contributed by atoms with Gasteiger partial charge in [-0.2, -0.15) is 0 Å². The molecule has 2 nitrogen and oxygen atoms in total. The molecule has 0 fully saturated rings. The molecule has 0 aromatic heterocycles. The number of ether oxygens (including phenoxy) is 1. The van der Waals surface area contributed by atoms with Crippen LogP contribution < -0.4 is 20.7 Å². The maximum absolute atomic E-state index is 13.2. The molecule has 3 heteroatoms. The van der Waals surface area contributed by atoms with Crippen molar-refractivity contribution in [3.05, 3.63) is 121 Å². The van der Waals surface area contributed by atoms with E-state index in [0.29, 0.717) is 11.2 Å². The van der Waals surface area contributed by atoms with Crippen LogP contribution in [0.2, 0.25) is 0 Å². The number of benzene rings is 4. The van der Waals surface area contributed by atoms with Crippen molar-refractivity contribution in [2.75, 3.05) is 0 Å². The molecule has 0 amide bonds. The first-order valence-corrected chi connectivity index (χ1v) is 11.7. The van der Waals surface area contributed by atoms with Gasteiger partial charge in [0.25, 0.3) is 0 Å². The fraction of sp³-hybridized carbons (Fsp3) is 0.0370. The summed E-state index contributed by atoms with van der Waals surface area (Å²) in [4.78, 5) is 13.2. The van der Waals surface area contributed by atoms with Crippen LogP contribution in [0.3, 0.4) is 0 Å². The predicted octanol–water partition coefficient (Wildman–Crippen LogP) is 4.78. The molecule has 4 rings (SSSR count). The van der Waals surface area contributed by atoms with Crippen LogP contribution in [0.5, 0.6) is 5.75 Å². The molecule has 0 bridgehead atoms. The van der Waals surface area contributed by atoms with Gasteiger partial charge in [-0.05, 0) is 28.0 Å². The van der Waals surface area contributed by atoms with Crippen LogP contribution in [0.15, 0.2) is 121 Å². The zero-order valence-corrected chi connectivity index (χ0v) is 17.7. The minimum atomic E-state index is -2.54. The summed E-state index contributed by atoms with van der Waals surface area (Å²) in [6, 6.07) is 40.3. The van der Waals surface area contributed by atoms with Crippen LogP contribution in [-0.4, -0.2) is 11.3 Å². The predicted molar refractivity (Wildman–Crippen MR) is 128 cm³/mol. The number of hydrogen-bond donors (Lipinski definition) is 0. The molecule has 0 atom stereocenters. The molecule has 148 valence electrons. The monoisotopic (exact) mass is 410 g/mol. The van der Waals surface area contributed by atoms with Crippen LogP contribution in [0.4, 0.5) is 0 Å². The minimum absolute atomic E-state index is 0.0660. The summed E-state index contributed by atoms with van der Waals surface area (Å²) in [6.07, 6.45) is 0. The number of Topliss-reactive ketones (excluding diaryl/α,β-unsaturated/α-hetero) is 1. The van der Waals surface area contributed by atoms with Gasteiger partial charge >= 0.3 is 0 Å². The first-order valence-electron chi connectivity index (χ1n) is 9.90. The van der Waals surface area contributed by atoms with E-state index in [1.54, 1.807) is 6.92 Å². The number of carbonyl (C=O) groups excluding carboxylic acids is 1. The Morgan fingerprint density at radius 1 is 0.567 bits per heavy atom. The van der Waals surface area contributed by atoms with Gasteiger partial charge in [0, 0.05) is 13.8 Å². The van der Waals surface area contributed by atoms with Gasteiger partial charge in [-0.15, -0.1) is 0 Å². The fourth-order valence-electron chi connectivity index (χ4n) is 3.73. The number of para-hydroxylation sites is 1. The molecule has 0 saturated carbocycles. The van der Waals surface area contributed by atoms with E-state index in [-0.39, 0.29) is 5.78 Å². The van der Waals surface area contributed by atoms with E-state index in [9.17, 15) is 4.79 Å². The highest BCUT2D eigenvalue weighted by molar-refractivity contribution is 7.96. The van der Waals surface area contributed by atoms with Crippen LogP contribution in [0.25, 0.3) is 0 Å². The molecular formula is C27H23O2P. The molecule has 0 spiro atoms. The van der Waals surface area contributed by atoms with E-state index < -0.39 is 6.89 Å². The van der Waals surface area contributed by atoms with Gasteiger partial charge in [0.1, 0.15) is 5.75 Å². The zero-order chi connectivity index (χ0) is 20.8. The largest absolute Gasteiger partial charge is 0.453 e. The SMILES string of the molecule is CC(=O)C(Oc1ccccc1)=P(c1ccccc1)(c1ccccc1)c1ccccc1. The van der Waals surface area contributed by atoms with Crippen molar-refractivity contribution < 1.29 is 9.53 Å². The molecule has 4 aromatic rings. The maximum atomic E-state index is 13.2. The van der Waals surface area contributed by atoms with Gasteiger partial charge in [-0.1, -0.05) is 109 Å². The summed E-state index contributed by atoms with van der Waals surface area (Å²) in [5.74, 6) is 0.596. The van der Waals surface area contributed by atoms with E-state index in [0.717, 1.165) is 15.9 Å². The summed E-state index contributed by atoms with van der Waals surface area (Å²) in [5.41, 5.74) is 0.484. The Morgan fingerprint density at radius 3 is 1.23 bits per heavy atom. The summed E-state index contributed by atoms with van der Waals surface area (Å²) in [6.45, 7) is -0.941. The highest BCUT2D eigenvalue weighted by Crippen LogP contribution is 2.46. The standard InChI is InChI=1S/C27H23O2P/c1-22(28)27(29-23-14-6-2-7-15-23)30(24-16-8-3-9-17-24,25-18-10-4-11-19-25)26-20-12-5-13-21-26/h2-21H,1H3. The van der Waals surface area contributed by atoms with Gasteiger partial charge in [0.15, 0.2) is 11.3 Å². The van der Waals surface area contributed by atoms with Crippen molar-refractivity contribution in [1.82, 2.24) is 0 Å². The van der Waals surface area contributed by atoms with E-state index in [4.69, 9.17) is 4.74 Å². The first-order chi connectivity index (χ1) is 14.7. The molecule has 30 heavy (non-hydrogen) atoms. The fourth-order valence-corrected chi connectivity index (χ4v) is 7.90. The van der Waals surface area contributed by atoms with Gasteiger partial charge in [0.05, 0.1) is 0 Å². The van der Waals surface area contributed by atoms with Crippen LogP contribution in [0.1, 0.15) is 6.92 Å². The topological polar surface area (TPSA) is 26.3 Å². The van der Waals surface area contributed by atoms with E-state index in [1.165, 1.54) is 0 Å². The number of hydrogen-bond acceptors (Lipinski definition) is 2. The van der Waals surface area contributed by atoms with Crippen molar-refractivity contribution in [1.29, 1.82) is 0 Å². The minimum Gasteiger partial charge on any atom is -0.453 e. The Balaban J connectivity index is 2.18. The van der Waals surface area contributed by atoms with Crippen molar-refractivity contribution in [2.24, 2.45) is 0 Å². The quantitative estimate of drug-likeness (QED) is 0.428. The van der Waals surface area contributed by atoms with Crippen LogP contribution in [-0.2, 0) is 4.79 Å². The Morgan fingerprint density at radius 2 is 0.900 bits per heavy atom. The molecule has 0 radical (unpaired) electrons. The van der Waals surface area contributed by atoms with Gasteiger partial charge in [-0.25, -0.2) is 0 Å². The third kappa shape index (κ3) is 3.75. The van der Waals surface area contributed by atoms with E-state index >= 15 is 0 Å². The van der Waals surface area contributed by atoms with Crippen molar-refractivity contribution in [3.8, 4) is 5.75 Å². The van der Waals surface area contributed by atoms with Crippen LogP contribution >= 0.6 is 6.89 Å². The normalized spacial score (nSPS) is 11.0. The lowest BCUT2D eigenvalue weighted by Crippen LogP contribution is -2.35. The van der Waals surface area contributed by atoms with E-state index in [2.05, 4.69) is 36.4 Å². The third-order valence-electron chi connectivity index (χ3n) is 4.99. The molecule has 0 saturated heterocycles. The summed E-state index contributed by atoms with van der Waals surface area (Å²) < 4.78 is 6.42. The van der Waals surface area contributed by atoms with Crippen LogP contribution in [0, 0.1) is 0 Å². The lowest BCUT2D eigenvalue weighted by atomic mass is 10.3. The second-order valence-corrected chi connectivity index (χ2v) is 10.3. The molecule has 4 aromatic carbocycles. The second-order valence-electron chi connectivity index (χ2n) is 6.95. The van der Waals surface area contributed by atoms with Crippen molar-refractivity contribution in [3.63, 3.8) is 0 Å². The Bertz CT molecular complexity index is 1070.